The molecule has 4 nitrogen and oxygen atoms in total. The van der Waals surface area contributed by atoms with Crippen molar-refractivity contribution in [2.75, 3.05) is 0 Å². The molecule has 11 rings (SSSR count). The van der Waals surface area contributed by atoms with Crippen molar-refractivity contribution < 1.29 is 0 Å². The number of hydrogen-bond donors (Lipinski definition) is 0. The standard InChI is InChI=1S/C71H54N4/c1-50-13-35-60(36-14-50)66-48-69(73-70(72-66)64-37-15-51(2)16-38-64)63-43-33-59(34-44-63)47-58-25-23-54(24-26-58)21-22-57-31-45-65(46-32-57)71-74-67(61-39-27-55(28-40-61)19-17-52-9-5-3-6-10-52)49-68(75-71)62-41-29-56(30-42-62)20-18-53-11-7-4-8-12-53/h3-46,48-49H,47H2,1-2H3/b19-17+,20-18+,22-21+. The quantitative estimate of drug-likeness (QED) is 0.102. The molecule has 0 aliphatic heterocycles. The van der Waals surface area contributed by atoms with Gasteiger partial charge in [0.25, 0.3) is 0 Å². The van der Waals surface area contributed by atoms with Gasteiger partial charge in [-0.25, -0.2) is 19.9 Å². The van der Waals surface area contributed by atoms with E-state index in [0.29, 0.717) is 5.82 Å². The summed E-state index contributed by atoms with van der Waals surface area (Å²) in [6.07, 6.45) is 13.7. The predicted molar refractivity (Wildman–Crippen MR) is 315 cm³/mol. The molecule has 0 saturated carbocycles. The van der Waals surface area contributed by atoms with Crippen LogP contribution in [0.5, 0.6) is 0 Å². The van der Waals surface area contributed by atoms with Crippen LogP contribution >= 0.6 is 0 Å². The highest BCUT2D eigenvalue weighted by molar-refractivity contribution is 5.78. The van der Waals surface area contributed by atoms with Crippen LogP contribution in [-0.2, 0) is 6.42 Å². The minimum Gasteiger partial charge on any atom is -0.228 e. The molecule has 75 heavy (non-hydrogen) atoms. The maximum absolute atomic E-state index is 5.15. The molecule has 11 aromatic rings. The van der Waals surface area contributed by atoms with E-state index in [1.165, 1.54) is 33.4 Å². The molecule has 0 spiro atoms. The zero-order valence-corrected chi connectivity index (χ0v) is 42.1. The molecule has 4 heteroatoms. The first kappa shape index (κ1) is 47.7. The Hall–Kier alpha value is -9.64. The highest BCUT2D eigenvalue weighted by atomic mass is 14.9. The van der Waals surface area contributed by atoms with E-state index in [9.17, 15) is 0 Å². The van der Waals surface area contributed by atoms with Crippen molar-refractivity contribution in [2.24, 2.45) is 0 Å². The van der Waals surface area contributed by atoms with Crippen LogP contribution in [0.3, 0.4) is 0 Å². The molecule has 9 aromatic carbocycles. The average molecular weight is 963 g/mol. The number of aryl methyl sites for hydroxylation is 2. The summed E-state index contributed by atoms with van der Waals surface area (Å²) in [5, 5.41) is 0. The van der Waals surface area contributed by atoms with Crippen LogP contribution in [-0.4, -0.2) is 19.9 Å². The number of aromatic nitrogens is 4. The first-order valence-corrected chi connectivity index (χ1v) is 25.5. The van der Waals surface area contributed by atoms with Crippen molar-refractivity contribution >= 4 is 36.5 Å². The van der Waals surface area contributed by atoms with E-state index in [-0.39, 0.29) is 0 Å². The van der Waals surface area contributed by atoms with Crippen LogP contribution in [0.15, 0.2) is 243 Å². The summed E-state index contributed by atoms with van der Waals surface area (Å²) >= 11 is 0. The average Bonchev–Trinajstić information content (AvgIpc) is 3.47. The van der Waals surface area contributed by atoms with E-state index in [1.54, 1.807) is 0 Å². The summed E-state index contributed by atoms with van der Waals surface area (Å²) in [5.41, 5.74) is 21.4. The van der Waals surface area contributed by atoms with Gasteiger partial charge in [-0.05, 0) is 76.9 Å². The molecule has 0 aliphatic rings. The lowest BCUT2D eigenvalue weighted by Crippen LogP contribution is -1.96. The number of hydrogen-bond acceptors (Lipinski definition) is 4. The predicted octanol–water partition coefficient (Wildman–Crippen LogP) is 18.0. The van der Waals surface area contributed by atoms with Crippen molar-refractivity contribution in [3.63, 3.8) is 0 Å². The number of nitrogens with zero attached hydrogens (tertiary/aromatic N) is 4. The van der Waals surface area contributed by atoms with Crippen LogP contribution in [0.1, 0.15) is 55.6 Å². The Morgan fingerprint density at radius 3 is 0.827 bits per heavy atom. The molecule has 0 radical (unpaired) electrons. The Morgan fingerprint density at radius 2 is 0.493 bits per heavy atom. The molecule has 0 unspecified atom stereocenters. The highest BCUT2D eigenvalue weighted by Crippen LogP contribution is 2.31. The van der Waals surface area contributed by atoms with E-state index in [2.05, 4.69) is 281 Å². The molecule has 0 saturated heterocycles. The zero-order valence-electron chi connectivity index (χ0n) is 42.1. The van der Waals surface area contributed by atoms with Crippen molar-refractivity contribution in [3.05, 3.63) is 298 Å². The molecule has 2 aromatic heterocycles. The van der Waals surface area contributed by atoms with E-state index < -0.39 is 0 Å². The molecule has 358 valence electrons. The number of benzene rings is 9. The molecule has 0 amide bonds. The second kappa shape index (κ2) is 22.4. The van der Waals surface area contributed by atoms with Crippen molar-refractivity contribution in [1.82, 2.24) is 19.9 Å². The van der Waals surface area contributed by atoms with Crippen LogP contribution in [0.4, 0.5) is 0 Å². The van der Waals surface area contributed by atoms with Gasteiger partial charge >= 0.3 is 0 Å². The van der Waals surface area contributed by atoms with Crippen LogP contribution in [0.25, 0.3) is 104 Å². The fraction of sp³-hybridized carbons (Fsp3) is 0.0423. The molecule has 0 atom stereocenters. The Labute approximate surface area is 440 Å². The molecule has 0 fully saturated rings. The fourth-order valence-electron chi connectivity index (χ4n) is 8.93. The van der Waals surface area contributed by atoms with Gasteiger partial charge in [0.1, 0.15) is 0 Å². The maximum atomic E-state index is 5.15. The molecule has 0 bridgehead atoms. The first-order valence-electron chi connectivity index (χ1n) is 25.5. The van der Waals surface area contributed by atoms with Crippen molar-refractivity contribution in [3.8, 4) is 67.8 Å². The molecule has 0 N–H and O–H groups in total. The second-order valence-corrected chi connectivity index (χ2v) is 19.0. The van der Waals surface area contributed by atoms with Gasteiger partial charge in [0, 0.05) is 33.4 Å². The zero-order chi connectivity index (χ0) is 50.8. The third-order valence-corrected chi connectivity index (χ3v) is 13.3. The Morgan fingerprint density at radius 1 is 0.253 bits per heavy atom. The topological polar surface area (TPSA) is 51.6 Å². The first-order chi connectivity index (χ1) is 36.9. The van der Waals surface area contributed by atoms with Crippen molar-refractivity contribution in [2.45, 2.75) is 20.3 Å². The summed E-state index contributed by atoms with van der Waals surface area (Å²) in [7, 11) is 0. The van der Waals surface area contributed by atoms with E-state index in [0.717, 1.165) is 90.7 Å². The highest BCUT2D eigenvalue weighted by Gasteiger charge is 2.13. The van der Waals surface area contributed by atoms with Crippen molar-refractivity contribution in [1.29, 1.82) is 0 Å². The van der Waals surface area contributed by atoms with E-state index >= 15 is 0 Å². The van der Waals surface area contributed by atoms with Gasteiger partial charge in [-0.1, -0.05) is 278 Å². The van der Waals surface area contributed by atoms with E-state index in [4.69, 9.17) is 19.9 Å². The normalized spacial score (nSPS) is 11.5. The fourth-order valence-corrected chi connectivity index (χ4v) is 8.93. The largest absolute Gasteiger partial charge is 0.228 e. The summed E-state index contributed by atoms with van der Waals surface area (Å²) < 4.78 is 0. The van der Waals surface area contributed by atoms with Crippen LogP contribution in [0, 0.1) is 13.8 Å². The molecular weight excluding hydrogens is 909 g/mol. The van der Waals surface area contributed by atoms with Crippen LogP contribution < -0.4 is 0 Å². The van der Waals surface area contributed by atoms with Gasteiger partial charge in [-0.3, -0.25) is 0 Å². The Balaban J connectivity index is 0.785. The second-order valence-electron chi connectivity index (χ2n) is 19.0. The van der Waals surface area contributed by atoms with Gasteiger partial charge < -0.3 is 0 Å². The smallest absolute Gasteiger partial charge is 0.160 e. The minimum absolute atomic E-state index is 0.679. The van der Waals surface area contributed by atoms with Gasteiger partial charge in [0.05, 0.1) is 22.8 Å². The van der Waals surface area contributed by atoms with Gasteiger partial charge in [0.2, 0.25) is 0 Å². The lowest BCUT2D eigenvalue weighted by atomic mass is 10.0. The SMILES string of the molecule is Cc1ccc(-c2cc(-c3ccc(Cc4ccc(/C=C/c5ccc(-c6nc(-c7ccc(/C=C/c8ccccc8)cc7)cc(-c7ccc(/C=C/c8ccccc8)cc7)n6)cc5)cc4)cc3)nc(-c3ccc(C)cc3)n2)cc1. The molecule has 2 heterocycles. The summed E-state index contributed by atoms with van der Waals surface area (Å²) in [4.78, 5) is 20.4. The Bertz CT molecular complexity index is 3590. The third-order valence-electron chi connectivity index (χ3n) is 13.3. The van der Waals surface area contributed by atoms with Crippen LogP contribution in [0.2, 0.25) is 0 Å². The maximum Gasteiger partial charge on any atom is 0.160 e. The van der Waals surface area contributed by atoms with Gasteiger partial charge in [-0.2, -0.15) is 0 Å². The summed E-state index contributed by atoms with van der Waals surface area (Å²) in [6.45, 7) is 4.20. The molecular formula is C71H54N4. The molecule has 0 aliphatic carbocycles. The van der Waals surface area contributed by atoms with E-state index in [1.807, 2.05) is 12.1 Å². The number of rotatable bonds is 14. The Kier molecular flexibility index (Phi) is 14.2. The monoisotopic (exact) mass is 962 g/mol. The van der Waals surface area contributed by atoms with Gasteiger partial charge in [-0.15, -0.1) is 0 Å². The van der Waals surface area contributed by atoms with Gasteiger partial charge in [0.15, 0.2) is 11.6 Å². The summed E-state index contributed by atoms with van der Waals surface area (Å²) in [5.74, 6) is 1.40. The summed E-state index contributed by atoms with van der Waals surface area (Å²) in [6, 6.07) is 85.1. The lowest BCUT2D eigenvalue weighted by molar-refractivity contribution is 1.17. The third kappa shape index (κ3) is 12.2. The minimum atomic E-state index is 0.679. The lowest BCUT2D eigenvalue weighted by Gasteiger charge is -2.10.